The van der Waals surface area contributed by atoms with E-state index in [0.29, 0.717) is 5.82 Å². The van der Waals surface area contributed by atoms with Crippen molar-refractivity contribution in [2.45, 2.75) is 32.6 Å². The minimum Gasteiger partial charge on any atom is -0.496 e. The highest BCUT2D eigenvalue weighted by atomic mass is 32.1. The number of H-pyrrole nitrogens is 1. The second-order valence-corrected chi connectivity index (χ2v) is 7.07. The van der Waals surface area contributed by atoms with Gasteiger partial charge in [-0.3, -0.25) is 4.79 Å². The number of aromatic nitrogens is 2. The molecule has 0 unspecified atom stereocenters. The summed E-state index contributed by atoms with van der Waals surface area (Å²) < 4.78 is 5.37. The van der Waals surface area contributed by atoms with Gasteiger partial charge in [-0.2, -0.15) is 0 Å². The molecule has 0 saturated heterocycles. The number of methoxy groups -OCH3 is 1. The fraction of sp³-hybridized carbons (Fsp3) is 0.333. The Hall–Kier alpha value is -2.14. The first kappa shape index (κ1) is 14.5. The third-order valence-electron chi connectivity index (χ3n) is 4.51. The Morgan fingerprint density at radius 2 is 2.09 bits per heavy atom. The van der Waals surface area contributed by atoms with Crippen LogP contribution >= 0.6 is 11.3 Å². The van der Waals surface area contributed by atoms with E-state index in [2.05, 4.69) is 4.98 Å². The Labute approximate surface area is 138 Å². The van der Waals surface area contributed by atoms with Crippen LogP contribution in [0.3, 0.4) is 0 Å². The topological polar surface area (TPSA) is 55.0 Å². The molecule has 4 rings (SSSR count). The van der Waals surface area contributed by atoms with Gasteiger partial charge in [-0.1, -0.05) is 12.1 Å². The van der Waals surface area contributed by atoms with E-state index in [1.165, 1.54) is 16.9 Å². The molecule has 0 spiro atoms. The third-order valence-corrected chi connectivity index (χ3v) is 5.69. The monoisotopic (exact) mass is 326 g/mol. The number of ether oxygens (including phenoxy) is 1. The van der Waals surface area contributed by atoms with Crippen LogP contribution in [0, 0.1) is 6.92 Å². The molecule has 1 aliphatic rings. The van der Waals surface area contributed by atoms with Crippen molar-refractivity contribution in [3.05, 3.63) is 44.6 Å². The molecule has 2 heterocycles. The fourth-order valence-electron chi connectivity index (χ4n) is 3.27. The zero-order valence-corrected chi connectivity index (χ0v) is 14.0. The zero-order valence-electron chi connectivity index (χ0n) is 13.2. The van der Waals surface area contributed by atoms with E-state index >= 15 is 0 Å². The quantitative estimate of drug-likeness (QED) is 0.778. The molecule has 0 bridgehead atoms. The van der Waals surface area contributed by atoms with E-state index in [1.807, 2.05) is 25.1 Å². The van der Waals surface area contributed by atoms with Gasteiger partial charge in [0.15, 0.2) is 0 Å². The van der Waals surface area contributed by atoms with Gasteiger partial charge in [0.25, 0.3) is 5.56 Å². The molecule has 23 heavy (non-hydrogen) atoms. The van der Waals surface area contributed by atoms with Crippen molar-refractivity contribution >= 4 is 21.6 Å². The lowest BCUT2D eigenvalue weighted by molar-refractivity contribution is 0.412. The van der Waals surface area contributed by atoms with E-state index in [0.717, 1.165) is 46.4 Å². The van der Waals surface area contributed by atoms with Gasteiger partial charge >= 0.3 is 0 Å². The summed E-state index contributed by atoms with van der Waals surface area (Å²) in [5, 5.41) is 0.799. The maximum atomic E-state index is 12.6. The number of hydrogen-bond donors (Lipinski definition) is 1. The molecule has 1 aromatic carbocycles. The molecule has 4 nitrogen and oxygen atoms in total. The van der Waals surface area contributed by atoms with Crippen LogP contribution in [0.5, 0.6) is 5.75 Å². The molecule has 0 aliphatic heterocycles. The molecule has 0 saturated carbocycles. The lowest BCUT2D eigenvalue weighted by Gasteiger charge is -2.09. The van der Waals surface area contributed by atoms with Crippen molar-refractivity contribution in [1.82, 2.24) is 9.97 Å². The van der Waals surface area contributed by atoms with Crippen LogP contribution in [0.1, 0.15) is 28.8 Å². The highest BCUT2D eigenvalue weighted by Crippen LogP contribution is 2.34. The van der Waals surface area contributed by atoms with Gasteiger partial charge in [0.1, 0.15) is 16.4 Å². The summed E-state index contributed by atoms with van der Waals surface area (Å²) in [6.45, 7) is 2.00. The summed E-state index contributed by atoms with van der Waals surface area (Å²) in [7, 11) is 1.65. The molecule has 118 valence electrons. The SMILES string of the molecule is COc1cc(-c2nc3sc4c(c3c(=O)[nH]2)CCCC4)ccc1C. The van der Waals surface area contributed by atoms with Gasteiger partial charge in [0.05, 0.1) is 12.5 Å². The maximum absolute atomic E-state index is 12.6. The zero-order chi connectivity index (χ0) is 16.0. The standard InChI is InChI=1S/C18H18N2O2S/c1-10-7-8-11(9-13(10)22-2)16-19-17(21)15-12-5-3-4-6-14(12)23-18(15)20-16/h7-9H,3-6H2,1-2H3,(H,19,20,21). The van der Waals surface area contributed by atoms with Crippen LogP contribution < -0.4 is 10.3 Å². The number of benzene rings is 1. The molecule has 1 aliphatic carbocycles. The van der Waals surface area contributed by atoms with Crippen molar-refractivity contribution in [3.63, 3.8) is 0 Å². The predicted octanol–water partition coefficient (Wildman–Crippen LogP) is 3.85. The Balaban J connectivity index is 1.91. The largest absolute Gasteiger partial charge is 0.496 e. The van der Waals surface area contributed by atoms with Crippen LogP contribution in [-0.2, 0) is 12.8 Å². The Morgan fingerprint density at radius 1 is 1.26 bits per heavy atom. The number of aryl methyl sites for hydroxylation is 3. The molecule has 0 amide bonds. The van der Waals surface area contributed by atoms with Crippen molar-refractivity contribution in [2.75, 3.05) is 7.11 Å². The first-order valence-corrected chi connectivity index (χ1v) is 8.68. The van der Waals surface area contributed by atoms with Gasteiger partial charge in [-0.05, 0) is 49.8 Å². The van der Waals surface area contributed by atoms with E-state index in [-0.39, 0.29) is 5.56 Å². The van der Waals surface area contributed by atoms with Crippen molar-refractivity contribution in [3.8, 4) is 17.1 Å². The van der Waals surface area contributed by atoms with Crippen molar-refractivity contribution < 1.29 is 4.74 Å². The first-order chi connectivity index (χ1) is 11.2. The third kappa shape index (κ3) is 2.36. The molecule has 5 heteroatoms. The van der Waals surface area contributed by atoms with Crippen LogP contribution in [0.15, 0.2) is 23.0 Å². The summed E-state index contributed by atoms with van der Waals surface area (Å²) in [4.78, 5) is 22.5. The van der Waals surface area contributed by atoms with Gasteiger partial charge in [0.2, 0.25) is 0 Å². The highest BCUT2D eigenvalue weighted by Gasteiger charge is 2.20. The number of nitrogens with one attached hydrogen (secondary N) is 1. The van der Waals surface area contributed by atoms with Crippen LogP contribution in [0.25, 0.3) is 21.6 Å². The lowest BCUT2D eigenvalue weighted by atomic mass is 9.97. The molecule has 2 aromatic heterocycles. The molecular weight excluding hydrogens is 308 g/mol. The summed E-state index contributed by atoms with van der Waals surface area (Å²) in [6, 6.07) is 5.88. The van der Waals surface area contributed by atoms with Crippen molar-refractivity contribution in [1.29, 1.82) is 0 Å². The van der Waals surface area contributed by atoms with Crippen LogP contribution in [0.2, 0.25) is 0 Å². The Morgan fingerprint density at radius 3 is 2.91 bits per heavy atom. The summed E-state index contributed by atoms with van der Waals surface area (Å²) >= 11 is 1.67. The van der Waals surface area contributed by atoms with Crippen LogP contribution in [0.4, 0.5) is 0 Å². The first-order valence-electron chi connectivity index (χ1n) is 7.87. The van der Waals surface area contributed by atoms with E-state index in [4.69, 9.17) is 9.72 Å². The number of hydrogen-bond acceptors (Lipinski definition) is 4. The van der Waals surface area contributed by atoms with Crippen molar-refractivity contribution in [2.24, 2.45) is 0 Å². The molecule has 0 atom stereocenters. The van der Waals surface area contributed by atoms with Gasteiger partial charge in [-0.25, -0.2) is 4.98 Å². The summed E-state index contributed by atoms with van der Waals surface area (Å²) in [5.74, 6) is 1.41. The summed E-state index contributed by atoms with van der Waals surface area (Å²) in [6.07, 6.45) is 4.44. The predicted molar refractivity (Wildman–Crippen MR) is 93.6 cm³/mol. The number of fused-ring (bicyclic) bond motifs is 3. The molecule has 3 aromatic rings. The Kier molecular flexibility index (Phi) is 3.45. The molecule has 1 N–H and O–H groups in total. The smallest absolute Gasteiger partial charge is 0.260 e. The van der Waals surface area contributed by atoms with E-state index < -0.39 is 0 Å². The van der Waals surface area contributed by atoms with E-state index in [1.54, 1.807) is 18.4 Å². The number of rotatable bonds is 2. The minimum atomic E-state index is -0.0241. The lowest BCUT2D eigenvalue weighted by Crippen LogP contribution is -2.11. The molecule has 0 radical (unpaired) electrons. The number of aromatic amines is 1. The fourth-order valence-corrected chi connectivity index (χ4v) is 4.53. The second-order valence-electron chi connectivity index (χ2n) is 5.99. The van der Waals surface area contributed by atoms with E-state index in [9.17, 15) is 4.79 Å². The minimum absolute atomic E-state index is 0.0241. The molecular formula is C18H18N2O2S. The number of nitrogens with zero attached hydrogens (tertiary/aromatic N) is 1. The normalized spacial score (nSPS) is 14.0. The average molecular weight is 326 g/mol. The Bertz CT molecular complexity index is 956. The highest BCUT2D eigenvalue weighted by molar-refractivity contribution is 7.18. The number of thiophene rings is 1. The van der Waals surface area contributed by atoms with Gasteiger partial charge < -0.3 is 9.72 Å². The van der Waals surface area contributed by atoms with Gasteiger partial charge in [-0.15, -0.1) is 11.3 Å². The maximum Gasteiger partial charge on any atom is 0.260 e. The second kappa shape index (κ2) is 5.49. The summed E-state index contributed by atoms with van der Waals surface area (Å²) in [5.41, 5.74) is 3.13. The van der Waals surface area contributed by atoms with Gasteiger partial charge in [0, 0.05) is 10.4 Å². The van der Waals surface area contributed by atoms with Crippen LogP contribution in [-0.4, -0.2) is 17.1 Å². The molecule has 0 fully saturated rings. The average Bonchev–Trinajstić information content (AvgIpc) is 2.94.